The zero-order valence-electron chi connectivity index (χ0n) is 12.7. The Bertz CT molecular complexity index is 405. The maximum Gasteiger partial charge on any atom is 0.339 e. The fourth-order valence-electron chi connectivity index (χ4n) is 1.61. The Kier molecular flexibility index (Phi) is 10.2. The smallest absolute Gasteiger partial charge is 0.339 e. The molecule has 4 nitrogen and oxygen atoms in total. The van der Waals surface area contributed by atoms with Crippen LogP contribution in [0.15, 0.2) is 24.3 Å². The van der Waals surface area contributed by atoms with Crippen molar-refractivity contribution >= 4 is 22.9 Å². The van der Waals surface area contributed by atoms with Gasteiger partial charge in [0.25, 0.3) is 0 Å². The number of hydrogen-bond acceptors (Lipinski definition) is 4. The minimum absolute atomic E-state index is 0. The summed E-state index contributed by atoms with van der Waals surface area (Å²) in [5.74, 6) is -0.942. The zero-order valence-corrected chi connectivity index (χ0v) is 13.7. The Morgan fingerprint density at radius 1 is 0.857 bits per heavy atom. The van der Waals surface area contributed by atoms with Gasteiger partial charge in [-0.3, -0.25) is 0 Å². The average molecular weight is 306 g/mol. The van der Waals surface area contributed by atoms with Crippen LogP contribution in [0, 0.1) is 0 Å². The van der Waals surface area contributed by atoms with Gasteiger partial charge in [0.1, 0.15) is 0 Å². The molecule has 0 aliphatic heterocycles. The lowest BCUT2D eigenvalue weighted by Gasteiger charge is -2.09. The lowest BCUT2D eigenvalue weighted by Crippen LogP contribution is -2.14. The van der Waals surface area contributed by atoms with Gasteiger partial charge in [-0.2, -0.15) is 0 Å². The molecule has 0 unspecified atom stereocenters. The number of unbranched alkanes of at least 4 members (excludes halogenated alkanes) is 2. The Labute approximate surface area is 130 Å². The van der Waals surface area contributed by atoms with E-state index in [-0.39, 0.29) is 22.1 Å². The molecule has 0 amide bonds. The third kappa shape index (κ3) is 6.58. The first-order valence-corrected chi connectivity index (χ1v) is 7.14. The van der Waals surface area contributed by atoms with Crippen molar-refractivity contribution in [2.45, 2.75) is 39.5 Å². The molecule has 0 spiro atoms. The van der Waals surface area contributed by atoms with Crippen LogP contribution in [0.1, 0.15) is 60.2 Å². The second-order valence-electron chi connectivity index (χ2n) is 4.52. The van der Waals surface area contributed by atoms with Crippen molar-refractivity contribution in [2.24, 2.45) is 0 Å². The van der Waals surface area contributed by atoms with Crippen molar-refractivity contribution in [3.63, 3.8) is 0 Å². The van der Waals surface area contributed by atoms with Crippen molar-refractivity contribution < 1.29 is 19.1 Å². The monoisotopic (exact) mass is 306 g/mol. The highest BCUT2D eigenvalue weighted by Crippen LogP contribution is 2.12. The fourth-order valence-corrected chi connectivity index (χ4v) is 1.61. The number of benzene rings is 1. The van der Waals surface area contributed by atoms with Gasteiger partial charge in [-0.15, -0.1) is 0 Å². The molecule has 0 aliphatic rings. The van der Waals surface area contributed by atoms with Crippen molar-refractivity contribution in [3.05, 3.63) is 35.4 Å². The van der Waals surface area contributed by atoms with E-state index in [1.54, 1.807) is 24.3 Å². The maximum absolute atomic E-state index is 11.9. The number of carbonyl (C=O) groups is 2. The van der Waals surface area contributed by atoms with Gasteiger partial charge in [-0.1, -0.05) is 38.8 Å². The highest BCUT2D eigenvalue weighted by molar-refractivity contribution is 6.03. The normalized spacial score (nSPS) is 9.62. The summed E-state index contributed by atoms with van der Waals surface area (Å²) in [6.45, 7) is 4.78. The van der Waals surface area contributed by atoms with E-state index < -0.39 is 11.9 Å². The first kappa shape index (κ1) is 19.4. The molecule has 1 aromatic rings. The molecule has 21 heavy (non-hydrogen) atoms. The summed E-state index contributed by atoms with van der Waals surface area (Å²) < 4.78 is 10.3. The van der Waals surface area contributed by atoms with E-state index in [1.165, 1.54) is 0 Å². The molecule has 0 bridgehead atoms. The minimum atomic E-state index is -0.471. The molecule has 0 aromatic heterocycles. The molecule has 0 atom stereocenters. The summed E-state index contributed by atoms with van der Waals surface area (Å²) in [5, 5.41) is 0. The van der Waals surface area contributed by atoms with E-state index in [2.05, 4.69) is 0 Å². The molecule has 5 heteroatoms. The molecule has 0 saturated heterocycles. The van der Waals surface area contributed by atoms with Gasteiger partial charge in [0.15, 0.2) is 0 Å². The third-order valence-corrected chi connectivity index (χ3v) is 2.83. The lowest BCUT2D eigenvalue weighted by molar-refractivity contribution is 0.0452. The summed E-state index contributed by atoms with van der Waals surface area (Å²) >= 11 is 0. The Morgan fingerprint density at radius 2 is 1.24 bits per heavy atom. The van der Waals surface area contributed by atoms with Gasteiger partial charge in [0.2, 0.25) is 0 Å². The van der Waals surface area contributed by atoms with E-state index in [4.69, 9.17) is 9.47 Å². The Morgan fingerprint density at radius 3 is 1.57 bits per heavy atom. The van der Waals surface area contributed by atoms with Gasteiger partial charge in [-0.25, -0.2) is 9.59 Å². The summed E-state index contributed by atoms with van der Waals surface area (Å²) in [5.41, 5.74) is 0.537. The van der Waals surface area contributed by atoms with Crippen LogP contribution >= 0.6 is 0 Å². The first-order chi connectivity index (χ1) is 9.70. The van der Waals surface area contributed by atoms with Gasteiger partial charge in [0.05, 0.1) is 24.3 Å². The van der Waals surface area contributed by atoms with Crippen molar-refractivity contribution in [3.8, 4) is 0 Å². The van der Waals surface area contributed by atoms with Crippen LogP contribution in [0.4, 0.5) is 0 Å². The standard InChI is InChI=1S/C16H22O4.Si/c1-3-5-11-19-15(17)13-9-7-8-10-14(13)16(18)20-12-6-4-2;/h7-10H,3-6,11-12H2,1-2H3;. The van der Waals surface area contributed by atoms with Crippen LogP contribution in [0.5, 0.6) is 0 Å². The number of ether oxygens (including phenoxy) is 2. The topological polar surface area (TPSA) is 52.6 Å². The maximum atomic E-state index is 11.9. The van der Waals surface area contributed by atoms with Crippen LogP contribution in [-0.4, -0.2) is 36.1 Å². The molecule has 0 saturated carbocycles. The van der Waals surface area contributed by atoms with Crippen LogP contribution in [0.2, 0.25) is 0 Å². The van der Waals surface area contributed by atoms with Crippen LogP contribution in [0.25, 0.3) is 0 Å². The fraction of sp³-hybridized carbons (Fsp3) is 0.500. The molecular formula is C16H22O4Si. The summed E-state index contributed by atoms with van der Waals surface area (Å²) in [6.07, 6.45) is 3.53. The van der Waals surface area contributed by atoms with E-state index in [0.717, 1.165) is 25.7 Å². The number of esters is 2. The molecular weight excluding hydrogens is 284 g/mol. The number of hydrogen-bond donors (Lipinski definition) is 0. The summed E-state index contributed by atoms with van der Waals surface area (Å²) in [7, 11) is 0. The number of carbonyl (C=O) groups excluding carboxylic acids is 2. The molecule has 1 rings (SSSR count). The predicted molar refractivity (Wildman–Crippen MR) is 82.6 cm³/mol. The highest BCUT2D eigenvalue weighted by atomic mass is 28.1. The van der Waals surface area contributed by atoms with E-state index in [9.17, 15) is 9.59 Å². The van der Waals surface area contributed by atoms with Crippen LogP contribution in [-0.2, 0) is 9.47 Å². The Balaban J connectivity index is 0.00000400. The molecule has 0 heterocycles. The number of rotatable bonds is 8. The summed E-state index contributed by atoms with van der Waals surface area (Å²) in [6, 6.07) is 6.59. The molecule has 1 aromatic carbocycles. The van der Waals surface area contributed by atoms with E-state index in [0.29, 0.717) is 13.2 Å². The molecule has 0 fully saturated rings. The Hall–Kier alpha value is -1.62. The van der Waals surface area contributed by atoms with Gasteiger partial charge in [-0.05, 0) is 25.0 Å². The lowest BCUT2D eigenvalue weighted by atomic mass is 10.1. The van der Waals surface area contributed by atoms with Gasteiger partial charge < -0.3 is 9.47 Å². The largest absolute Gasteiger partial charge is 0.462 e. The second-order valence-corrected chi connectivity index (χ2v) is 4.52. The van der Waals surface area contributed by atoms with Gasteiger partial charge >= 0.3 is 11.9 Å². The quantitative estimate of drug-likeness (QED) is 0.420. The molecule has 0 N–H and O–H groups in total. The molecule has 0 aliphatic carbocycles. The predicted octanol–water partition coefficient (Wildman–Crippen LogP) is 3.22. The first-order valence-electron chi connectivity index (χ1n) is 7.14. The summed E-state index contributed by atoms with van der Waals surface area (Å²) in [4.78, 5) is 23.9. The molecule has 4 radical (unpaired) electrons. The van der Waals surface area contributed by atoms with Crippen molar-refractivity contribution in [1.82, 2.24) is 0 Å². The second kappa shape index (κ2) is 11.1. The van der Waals surface area contributed by atoms with E-state index >= 15 is 0 Å². The van der Waals surface area contributed by atoms with Crippen LogP contribution < -0.4 is 0 Å². The van der Waals surface area contributed by atoms with Crippen molar-refractivity contribution in [2.75, 3.05) is 13.2 Å². The van der Waals surface area contributed by atoms with Gasteiger partial charge in [0, 0.05) is 11.0 Å². The molecule has 114 valence electrons. The van der Waals surface area contributed by atoms with E-state index in [1.807, 2.05) is 13.8 Å². The third-order valence-electron chi connectivity index (χ3n) is 2.83. The minimum Gasteiger partial charge on any atom is -0.462 e. The zero-order chi connectivity index (χ0) is 14.8. The SMILES string of the molecule is CCCCOC(=O)c1ccccc1C(=O)OCCCC.[Si]. The highest BCUT2D eigenvalue weighted by Gasteiger charge is 2.18. The van der Waals surface area contributed by atoms with Crippen LogP contribution in [0.3, 0.4) is 0 Å². The average Bonchev–Trinajstić information content (AvgIpc) is 2.47. The van der Waals surface area contributed by atoms with Crippen molar-refractivity contribution in [1.29, 1.82) is 0 Å².